The van der Waals surface area contributed by atoms with Gasteiger partial charge in [0.2, 0.25) is 0 Å². The Kier molecular flexibility index (Phi) is 14.6. The van der Waals surface area contributed by atoms with Crippen LogP contribution in [0.1, 0.15) is 113 Å². The normalized spacial score (nSPS) is 14.6. The molecule has 0 aliphatic rings. The van der Waals surface area contributed by atoms with Gasteiger partial charge in [-0.25, -0.2) is 0 Å². The zero-order valence-electron chi connectivity index (χ0n) is 20.7. The minimum absolute atomic E-state index is 0.327. The van der Waals surface area contributed by atoms with Crippen LogP contribution >= 0.6 is 0 Å². The number of unbranched alkanes of at least 4 members (excludes halogenated alkanes) is 5. The molecule has 1 nitrogen and oxygen atoms in total. The van der Waals surface area contributed by atoms with Crippen molar-refractivity contribution < 1.29 is 4.43 Å². The first kappa shape index (κ1) is 28.0. The Bertz CT molecular complexity index is 340. The molecule has 0 heterocycles. The number of rotatable bonds is 16. The second-order valence-electron chi connectivity index (χ2n) is 10.5. The third-order valence-corrected chi connectivity index (χ3v) is 28.9. The van der Waals surface area contributed by atoms with E-state index in [0.717, 1.165) is 0 Å². The molecule has 0 rings (SSSR count). The van der Waals surface area contributed by atoms with E-state index in [1.54, 1.807) is 13.3 Å². The van der Waals surface area contributed by atoms with Gasteiger partial charge in [-0.3, -0.25) is 0 Å². The summed E-state index contributed by atoms with van der Waals surface area (Å²) in [4.78, 5) is 0. The van der Waals surface area contributed by atoms with E-state index in [2.05, 4.69) is 61.6 Å². The minimum atomic E-state index is -2.35. The van der Waals surface area contributed by atoms with Crippen LogP contribution in [-0.4, -0.2) is 30.8 Å². The van der Waals surface area contributed by atoms with Gasteiger partial charge in [-0.1, -0.05) is 0 Å². The maximum absolute atomic E-state index is 7.34. The van der Waals surface area contributed by atoms with E-state index in [0.29, 0.717) is 9.16 Å². The van der Waals surface area contributed by atoms with Crippen molar-refractivity contribution in [2.75, 3.05) is 0 Å². The van der Waals surface area contributed by atoms with Crippen molar-refractivity contribution in [3.63, 3.8) is 0 Å². The number of hydrogen-bond donors (Lipinski definition) is 0. The van der Waals surface area contributed by atoms with Gasteiger partial charge in [0.1, 0.15) is 0 Å². The molecule has 0 aliphatic heterocycles. The average molecular weight is 505 g/mol. The predicted molar refractivity (Wildman–Crippen MR) is 131 cm³/mol. The predicted octanol–water partition coefficient (Wildman–Crippen LogP) is 9.35. The Hall–Kier alpha value is 0.976. The molecule has 0 amide bonds. The molecule has 0 fully saturated rings. The molecule has 0 aromatic heterocycles. The van der Waals surface area contributed by atoms with E-state index in [9.17, 15) is 0 Å². The molecule has 0 radical (unpaired) electrons. The summed E-state index contributed by atoms with van der Waals surface area (Å²) in [5, 5.41) is 0.327. The van der Waals surface area contributed by atoms with Crippen LogP contribution in [0.2, 0.25) is 31.4 Å². The van der Waals surface area contributed by atoms with Crippen LogP contribution in [0.5, 0.6) is 0 Å². The van der Waals surface area contributed by atoms with E-state index in [-0.39, 0.29) is 0 Å². The Labute approximate surface area is 178 Å². The van der Waals surface area contributed by atoms with Gasteiger partial charge < -0.3 is 0 Å². The topological polar surface area (TPSA) is 9.23 Å². The van der Waals surface area contributed by atoms with E-state index < -0.39 is 26.7 Å². The van der Waals surface area contributed by atoms with Gasteiger partial charge in [0.25, 0.3) is 0 Å². The molecule has 0 spiro atoms. The molecular weight excluding hydrogens is 451 g/mol. The molecule has 0 bridgehead atoms. The summed E-state index contributed by atoms with van der Waals surface area (Å²) in [7, 11) is -1.70. The van der Waals surface area contributed by atoms with Crippen molar-refractivity contribution in [2.45, 2.75) is 148 Å². The second kappa shape index (κ2) is 14.1. The van der Waals surface area contributed by atoms with Crippen LogP contribution in [0.4, 0.5) is 0 Å². The molecule has 0 aromatic carbocycles. The molecule has 1 atom stereocenters. The van der Waals surface area contributed by atoms with Gasteiger partial charge >= 0.3 is 179 Å². The molecule has 0 N–H and O–H groups in total. The first-order chi connectivity index (χ1) is 12.6. The first-order valence-corrected chi connectivity index (χ1v) is 22.9. The van der Waals surface area contributed by atoms with Crippen LogP contribution in [0, 0.1) is 0 Å². The summed E-state index contributed by atoms with van der Waals surface area (Å²) < 4.78 is 12.8. The van der Waals surface area contributed by atoms with Crippen molar-refractivity contribution in [3.8, 4) is 0 Å². The quantitative estimate of drug-likeness (QED) is 0.150. The molecule has 1 unspecified atom stereocenters. The van der Waals surface area contributed by atoms with Crippen molar-refractivity contribution >= 4 is 26.7 Å². The Morgan fingerprint density at radius 1 is 0.704 bits per heavy atom. The number of hydrogen-bond acceptors (Lipinski definition) is 1. The molecule has 164 valence electrons. The third kappa shape index (κ3) is 10.0. The standard InChI is InChI=1S/C12H27OSi.3C4H9.Sn/c1-7-8-9-10-11-13-14(5,6)12(2,3)4;3*1-3-4-2;/h11H,7-10H2,1-6H3;3*1,3-4H2,2H3;. The van der Waals surface area contributed by atoms with Crippen molar-refractivity contribution in [3.05, 3.63) is 0 Å². The van der Waals surface area contributed by atoms with Crippen LogP contribution < -0.4 is 0 Å². The fraction of sp³-hybridized carbons (Fsp3) is 1.00. The summed E-state index contributed by atoms with van der Waals surface area (Å²) in [5.41, 5.74) is 0. The summed E-state index contributed by atoms with van der Waals surface area (Å²) in [6.45, 7) is 21.7. The van der Waals surface area contributed by atoms with Crippen molar-refractivity contribution in [2.24, 2.45) is 0 Å². The van der Waals surface area contributed by atoms with Crippen LogP contribution in [-0.2, 0) is 4.43 Å². The SMILES string of the molecule is CCCCC[CH](O[Si](C)(C)C(C)(C)C)[Sn]([CH2]CCC)([CH2]CCC)[CH2]CCC. The van der Waals surface area contributed by atoms with Gasteiger partial charge in [0.05, 0.1) is 0 Å². The fourth-order valence-electron chi connectivity index (χ4n) is 4.05. The van der Waals surface area contributed by atoms with Crippen LogP contribution in [0.25, 0.3) is 0 Å². The summed E-state index contributed by atoms with van der Waals surface area (Å²) >= 11 is -2.35. The molecule has 0 aromatic rings. The zero-order valence-corrected chi connectivity index (χ0v) is 24.5. The van der Waals surface area contributed by atoms with Crippen LogP contribution in [0.15, 0.2) is 0 Å². The molecular formula is C24H54OSiSn. The van der Waals surface area contributed by atoms with Crippen LogP contribution in [0.3, 0.4) is 0 Å². The summed E-state index contributed by atoms with van der Waals surface area (Å²) in [5.74, 6) is 0. The molecule has 27 heavy (non-hydrogen) atoms. The first-order valence-electron chi connectivity index (χ1n) is 12.3. The average Bonchev–Trinajstić information content (AvgIpc) is 2.60. The van der Waals surface area contributed by atoms with E-state index in [4.69, 9.17) is 4.43 Å². The van der Waals surface area contributed by atoms with Crippen molar-refractivity contribution in [1.29, 1.82) is 0 Å². The van der Waals surface area contributed by atoms with E-state index in [1.807, 2.05) is 0 Å². The third-order valence-electron chi connectivity index (χ3n) is 7.08. The Balaban J connectivity index is 5.79. The molecule has 0 aliphatic carbocycles. The van der Waals surface area contributed by atoms with Gasteiger partial charge in [-0.2, -0.15) is 0 Å². The monoisotopic (exact) mass is 506 g/mol. The maximum atomic E-state index is 7.34. The Morgan fingerprint density at radius 2 is 1.11 bits per heavy atom. The van der Waals surface area contributed by atoms with Gasteiger partial charge in [0.15, 0.2) is 0 Å². The summed E-state index contributed by atoms with van der Waals surface area (Å²) in [6, 6.07) is 0. The second-order valence-corrected chi connectivity index (χ2v) is 29.2. The zero-order chi connectivity index (χ0) is 21.0. The van der Waals surface area contributed by atoms with E-state index >= 15 is 0 Å². The van der Waals surface area contributed by atoms with Gasteiger partial charge in [-0.05, 0) is 0 Å². The summed E-state index contributed by atoms with van der Waals surface area (Å²) in [6.07, 6.45) is 13.9. The van der Waals surface area contributed by atoms with Gasteiger partial charge in [-0.15, -0.1) is 0 Å². The van der Waals surface area contributed by atoms with E-state index in [1.165, 1.54) is 64.2 Å². The van der Waals surface area contributed by atoms with Crippen molar-refractivity contribution in [1.82, 2.24) is 0 Å². The molecule has 0 saturated heterocycles. The fourth-order valence-corrected chi connectivity index (χ4v) is 26.4. The Morgan fingerprint density at radius 3 is 1.44 bits per heavy atom. The molecule has 3 heteroatoms. The molecule has 0 saturated carbocycles. The van der Waals surface area contributed by atoms with Gasteiger partial charge in [0, 0.05) is 0 Å².